The van der Waals surface area contributed by atoms with Gasteiger partial charge in [0.25, 0.3) is 11.5 Å². The lowest BCUT2D eigenvalue weighted by atomic mass is 10.1. The van der Waals surface area contributed by atoms with Crippen molar-refractivity contribution < 1.29 is 4.79 Å². The van der Waals surface area contributed by atoms with Crippen LogP contribution >= 0.6 is 0 Å². The van der Waals surface area contributed by atoms with Crippen LogP contribution in [0.25, 0.3) is 11.4 Å². The van der Waals surface area contributed by atoms with E-state index in [1.807, 2.05) is 36.1 Å². The van der Waals surface area contributed by atoms with Crippen molar-refractivity contribution in [2.45, 2.75) is 25.4 Å². The Kier molecular flexibility index (Phi) is 4.34. The second-order valence-corrected chi connectivity index (χ2v) is 7.96. The smallest absolute Gasteiger partial charge is 0.255 e. The maximum atomic E-state index is 13.0. The van der Waals surface area contributed by atoms with Crippen LogP contribution in [0.3, 0.4) is 0 Å². The number of hydrogen-bond donors (Lipinski definition) is 0. The summed E-state index contributed by atoms with van der Waals surface area (Å²) in [6.07, 6.45) is 3.96. The molecule has 152 valence electrons. The zero-order valence-corrected chi connectivity index (χ0v) is 16.9. The van der Waals surface area contributed by atoms with Crippen molar-refractivity contribution in [2.24, 2.45) is 7.05 Å². The normalized spacial score (nSPS) is 20.1. The Morgan fingerprint density at radius 2 is 1.97 bits per heavy atom. The molecule has 3 aromatic rings. The molecule has 8 nitrogen and oxygen atoms in total. The quantitative estimate of drug-likeness (QED) is 0.662. The number of carbonyl (C=O) groups is 1. The number of hydrogen-bond acceptors (Lipinski definition) is 6. The van der Waals surface area contributed by atoms with E-state index in [0.717, 1.165) is 17.5 Å². The molecule has 2 aliphatic heterocycles. The molecule has 5 rings (SSSR count). The van der Waals surface area contributed by atoms with Gasteiger partial charge in [-0.25, -0.2) is 15.0 Å². The monoisotopic (exact) mass is 402 g/mol. The second-order valence-electron chi connectivity index (χ2n) is 7.96. The standard InChI is InChI=1S/C22H22N6O2/c1-14-4-3-5-15(8-14)21(30)27-11-17-9-16(27)12-28(17)22-25-19(10-20(29)26(22)2)18-6-7-23-13-24-18/h3-8,10,13,16-17H,9,11-12H2,1-2H3/t16?,17-/m0/s1. The molecule has 2 fully saturated rings. The van der Waals surface area contributed by atoms with Gasteiger partial charge >= 0.3 is 0 Å². The van der Waals surface area contributed by atoms with Gasteiger partial charge in [-0.2, -0.15) is 0 Å². The molecule has 1 amide bonds. The molecular formula is C22H22N6O2. The molecule has 2 aromatic heterocycles. The number of carbonyl (C=O) groups excluding carboxylic acids is 1. The fourth-order valence-electron chi connectivity index (χ4n) is 4.46. The van der Waals surface area contributed by atoms with Crippen molar-refractivity contribution in [3.63, 3.8) is 0 Å². The molecule has 1 aromatic carbocycles. The van der Waals surface area contributed by atoms with Crippen LogP contribution in [0.15, 0.2) is 53.7 Å². The lowest BCUT2D eigenvalue weighted by Crippen LogP contribution is -2.50. The molecular weight excluding hydrogens is 380 g/mol. The number of amides is 1. The summed E-state index contributed by atoms with van der Waals surface area (Å²) in [5.41, 5.74) is 2.82. The second kappa shape index (κ2) is 7.05. The van der Waals surface area contributed by atoms with E-state index in [0.29, 0.717) is 30.4 Å². The van der Waals surface area contributed by atoms with Crippen LogP contribution in [-0.4, -0.2) is 55.5 Å². The lowest BCUT2D eigenvalue weighted by molar-refractivity contribution is 0.0725. The van der Waals surface area contributed by atoms with Gasteiger partial charge in [-0.1, -0.05) is 17.7 Å². The Labute approximate surface area is 173 Å². The highest BCUT2D eigenvalue weighted by atomic mass is 16.2. The van der Waals surface area contributed by atoms with Crippen molar-refractivity contribution in [3.8, 4) is 11.4 Å². The SMILES string of the molecule is Cc1cccc(C(=O)N2C[C@@H]3CC2CN3c2nc(-c3ccncn3)cc(=O)n2C)c1. The number of aryl methyl sites for hydroxylation is 1. The van der Waals surface area contributed by atoms with Gasteiger partial charge < -0.3 is 9.80 Å². The molecule has 8 heteroatoms. The van der Waals surface area contributed by atoms with Gasteiger partial charge in [0.2, 0.25) is 5.95 Å². The third-order valence-electron chi connectivity index (χ3n) is 5.98. The number of benzene rings is 1. The molecule has 0 saturated carbocycles. The number of piperazine rings is 1. The van der Waals surface area contributed by atoms with E-state index >= 15 is 0 Å². The summed E-state index contributed by atoms with van der Waals surface area (Å²) in [5, 5.41) is 0. The first-order valence-corrected chi connectivity index (χ1v) is 10.00. The predicted octanol–water partition coefficient (Wildman–Crippen LogP) is 1.65. The van der Waals surface area contributed by atoms with Crippen LogP contribution in [0.5, 0.6) is 0 Å². The summed E-state index contributed by atoms with van der Waals surface area (Å²) < 4.78 is 1.57. The first-order valence-electron chi connectivity index (χ1n) is 10.00. The maximum absolute atomic E-state index is 13.0. The van der Waals surface area contributed by atoms with Crippen LogP contribution in [0.2, 0.25) is 0 Å². The van der Waals surface area contributed by atoms with Crippen molar-refractivity contribution >= 4 is 11.9 Å². The molecule has 2 bridgehead atoms. The maximum Gasteiger partial charge on any atom is 0.255 e. The Morgan fingerprint density at radius 3 is 2.67 bits per heavy atom. The number of anilines is 1. The van der Waals surface area contributed by atoms with Gasteiger partial charge in [0.15, 0.2) is 0 Å². The van der Waals surface area contributed by atoms with Crippen LogP contribution in [0.1, 0.15) is 22.3 Å². The summed E-state index contributed by atoms with van der Waals surface area (Å²) >= 11 is 0. The molecule has 0 radical (unpaired) electrons. The zero-order valence-electron chi connectivity index (χ0n) is 16.9. The van der Waals surface area contributed by atoms with Gasteiger partial charge in [-0.15, -0.1) is 0 Å². The van der Waals surface area contributed by atoms with Gasteiger partial charge in [0, 0.05) is 38.0 Å². The summed E-state index contributed by atoms with van der Waals surface area (Å²) in [6.45, 7) is 3.28. The van der Waals surface area contributed by atoms with Crippen LogP contribution in [0, 0.1) is 6.92 Å². The van der Waals surface area contributed by atoms with E-state index in [1.165, 1.54) is 12.4 Å². The van der Waals surface area contributed by atoms with Crippen molar-refractivity contribution in [1.82, 2.24) is 24.4 Å². The number of nitrogens with zero attached hydrogens (tertiary/aromatic N) is 6. The molecule has 30 heavy (non-hydrogen) atoms. The summed E-state index contributed by atoms with van der Waals surface area (Å²) in [6, 6.07) is 11.2. The minimum absolute atomic E-state index is 0.0717. The highest BCUT2D eigenvalue weighted by molar-refractivity contribution is 5.95. The largest absolute Gasteiger partial charge is 0.335 e. The first-order chi connectivity index (χ1) is 14.5. The third-order valence-corrected chi connectivity index (χ3v) is 5.98. The Hall–Kier alpha value is -3.55. The highest BCUT2D eigenvalue weighted by Gasteiger charge is 2.46. The van der Waals surface area contributed by atoms with Crippen molar-refractivity contribution in [2.75, 3.05) is 18.0 Å². The summed E-state index contributed by atoms with van der Waals surface area (Å²) in [7, 11) is 1.73. The molecule has 1 unspecified atom stereocenters. The van der Waals surface area contributed by atoms with E-state index in [1.54, 1.807) is 23.9 Å². The van der Waals surface area contributed by atoms with Crippen LogP contribution in [0.4, 0.5) is 5.95 Å². The molecule has 0 aliphatic carbocycles. The Balaban J connectivity index is 1.42. The minimum Gasteiger partial charge on any atom is -0.335 e. The minimum atomic E-state index is -0.135. The molecule has 4 heterocycles. The third kappa shape index (κ3) is 3.04. The van der Waals surface area contributed by atoms with E-state index in [9.17, 15) is 9.59 Å². The first kappa shape index (κ1) is 18.5. The molecule has 0 spiro atoms. The van der Waals surface area contributed by atoms with E-state index in [4.69, 9.17) is 4.98 Å². The van der Waals surface area contributed by atoms with Gasteiger partial charge in [0.05, 0.1) is 23.5 Å². The molecule has 2 atom stereocenters. The number of fused-ring (bicyclic) bond motifs is 2. The van der Waals surface area contributed by atoms with Gasteiger partial charge in [0.1, 0.15) is 6.33 Å². The summed E-state index contributed by atoms with van der Waals surface area (Å²) in [4.78, 5) is 42.6. The summed E-state index contributed by atoms with van der Waals surface area (Å²) in [5.74, 6) is 0.689. The topological polar surface area (TPSA) is 84.2 Å². The lowest BCUT2D eigenvalue weighted by Gasteiger charge is -2.35. The van der Waals surface area contributed by atoms with Gasteiger partial charge in [-0.05, 0) is 31.5 Å². The molecule has 0 N–H and O–H groups in total. The predicted molar refractivity (Wildman–Crippen MR) is 112 cm³/mol. The van der Waals surface area contributed by atoms with E-state index in [2.05, 4.69) is 14.9 Å². The molecule has 2 aliphatic rings. The average Bonchev–Trinajstić information content (AvgIpc) is 3.36. The Bertz CT molecular complexity index is 1180. The number of aromatic nitrogens is 4. The van der Waals surface area contributed by atoms with Crippen molar-refractivity contribution in [1.29, 1.82) is 0 Å². The van der Waals surface area contributed by atoms with E-state index in [-0.39, 0.29) is 23.6 Å². The fraction of sp³-hybridized carbons (Fsp3) is 0.318. The Morgan fingerprint density at radius 1 is 1.10 bits per heavy atom. The van der Waals surface area contributed by atoms with Gasteiger partial charge in [-0.3, -0.25) is 14.2 Å². The molecule has 2 saturated heterocycles. The van der Waals surface area contributed by atoms with Crippen LogP contribution < -0.4 is 10.5 Å². The fourth-order valence-corrected chi connectivity index (χ4v) is 4.46. The zero-order chi connectivity index (χ0) is 20.8. The number of rotatable bonds is 3. The van der Waals surface area contributed by atoms with Crippen molar-refractivity contribution in [3.05, 3.63) is 70.4 Å². The van der Waals surface area contributed by atoms with Crippen LogP contribution in [-0.2, 0) is 7.05 Å². The number of likely N-dealkylation sites (tertiary alicyclic amines) is 1. The van der Waals surface area contributed by atoms with E-state index < -0.39 is 0 Å². The average molecular weight is 402 g/mol. The highest BCUT2D eigenvalue weighted by Crippen LogP contribution is 2.34.